The molecule has 4 nitrogen and oxygen atoms in total. The van der Waals surface area contributed by atoms with Crippen LogP contribution in [-0.4, -0.2) is 16.5 Å². The second-order valence-electron chi connectivity index (χ2n) is 3.45. The average Bonchev–Trinajstić information content (AvgIpc) is 2.92. The normalized spacial score (nSPS) is 9.78. The van der Waals surface area contributed by atoms with Crippen molar-refractivity contribution in [2.75, 3.05) is 4.90 Å². The van der Waals surface area contributed by atoms with Gasteiger partial charge in [-0.05, 0) is 41.4 Å². The predicted molar refractivity (Wildman–Crippen MR) is 76.5 cm³/mol. The van der Waals surface area contributed by atoms with E-state index in [9.17, 15) is 4.79 Å². The molecule has 0 aromatic carbocycles. The van der Waals surface area contributed by atoms with Gasteiger partial charge in [0.15, 0.2) is 5.11 Å². The Balaban J connectivity index is 1.97. The molecule has 0 bridgehead atoms. The van der Waals surface area contributed by atoms with Crippen molar-refractivity contribution in [3.8, 4) is 0 Å². The number of nitrogens with one attached hydrogen (secondary N) is 1. The molecule has 1 amide bonds. The lowest BCUT2D eigenvalue weighted by Crippen LogP contribution is -2.38. The minimum absolute atomic E-state index is 0.385. The van der Waals surface area contributed by atoms with Crippen molar-refractivity contribution in [2.24, 2.45) is 0 Å². The number of rotatable bonds is 4. The molecule has 2 aromatic heterocycles. The van der Waals surface area contributed by atoms with E-state index in [1.165, 1.54) is 16.2 Å². The van der Waals surface area contributed by atoms with Gasteiger partial charge < -0.3 is 5.32 Å². The third-order valence-electron chi connectivity index (χ3n) is 2.23. The quantitative estimate of drug-likeness (QED) is 0.687. The van der Waals surface area contributed by atoms with Crippen LogP contribution in [0.1, 0.15) is 5.56 Å². The number of pyridine rings is 1. The summed E-state index contributed by atoms with van der Waals surface area (Å²) in [4.78, 5) is 16.5. The molecule has 92 valence electrons. The first-order valence-corrected chi connectivity index (χ1v) is 6.55. The Kier molecular flexibility index (Phi) is 4.38. The van der Waals surface area contributed by atoms with Crippen LogP contribution in [0.5, 0.6) is 0 Å². The van der Waals surface area contributed by atoms with Gasteiger partial charge in [0.25, 0.3) is 0 Å². The van der Waals surface area contributed by atoms with Gasteiger partial charge in [0.1, 0.15) is 5.00 Å². The summed E-state index contributed by atoms with van der Waals surface area (Å²) in [6, 6.07) is 7.52. The molecule has 0 unspecified atom stereocenters. The van der Waals surface area contributed by atoms with Crippen LogP contribution in [0.15, 0.2) is 42.0 Å². The maximum Gasteiger partial charge on any atom is 0.221 e. The lowest BCUT2D eigenvalue weighted by atomic mass is 10.3. The Morgan fingerprint density at radius 3 is 3.00 bits per heavy atom. The van der Waals surface area contributed by atoms with Crippen molar-refractivity contribution in [1.29, 1.82) is 0 Å². The summed E-state index contributed by atoms with van der Waals surface area (Å²) in [6.45, 7) is 0.544. The van der Waals surface area contributed by atoms with Crippen molar-refractivity contribution < 1.29 is 4.79 Å². The summed E-state index contributed by atoms with van der Waals surface area (Å²) in [5, 5.41) is 6.11. The highest BCUT2D eigenvalue weighted by atomic mass is 32.1. The van der Waals surface area contributed by atoms with Crippen LogP contribution >= 0.6 is 23.6 Å². The minimum Gasteiger partial charge on any atom is -0.358 e. The Bertz CT molecular complexity index is 513. The van der Waals surface area contributed by atoms with E-state index < -0.39 is 0 Å². The third kappa shape index (κ3) is 3.12. The molecular formula is C12H11N3OS2. The number of carbonyl (C=O) groups is 1. The van der Waals surface area contributed by atoms with E-state index in [1.807, 2.05) is 29.6 Å². The zero-order valence-electron chi connectivity index (χ0n) is 9.45. The first-order chi connectivity index (χ1) is 8.81. The first-order valence-electron chi connectivity index (χ1n) is 5.26. The molecule has 2 rings (SSSR count). The van der Waals surface area contributed by atoms with E-state index >= 15 is 0 Å². The molecule has 0 saturated heterocycles. The Morgan fingerprint density at radius 1 is 1.50 bits per heavy atom. The summed E-state index contributed by atoms with van der Waals surface area (Å²) in [7, 11) is 0. The molecule has 6 heteroatoms. The summed E-state index contributed by atoms with van der Waals surface area (Å²) in [6.07, 6.45) is 4.18. The van der Waals surface area contributed by atoms with E-state index in [0.717, 1.165) is 10.6 Å². The van der Waals surface area contributed by atoms with Gasteiger partial charge in [0.2, 0.25) is 6.41 Å². The SMILES string of the molecule is O=CN(C(=S)NCc1cccnc1)c1cccs1. The molecule has 0 aliphatic carbocycles. The minimum atomic E-state index is 0.385. The van der Waals surface area contributed by atoms with Crippen molar-refractivity contribution >= 4 is 40.1 Å². The topological polar surface area (TPSA) is 45.2 Å². The Hall–Kier alpha value is -1.79. The van der Waals surface area contributed by atoms with Crippen molar-refractivity contribution in [1.82, 2.24) is 10.3 Å². The van der Waals surface area contributed by atoms with Gasteiger partial charge in [-0.3, -0.25) is 14.7 Å². The fraction of sp³-hybridized carbons (Fsp3) is 0.0833. The summed E-state index contributed by atoms with van der Waals surface area (Å²) in [5.74, 6) is 0. The zero-order chi connectivity index (χ0) is 12.8. The van der Waals surface area contributed by atoms with Gasteiger partial charge in [0.05, 0.1) is 0 Å². The monoisotopic (exact) mass is 277 g/mol. The summed E-state index contributed by atoms with van der Waals surface area (Å²) in [5.41, 5.74) is 1.01. The van der Waals surface area contributed by atoms with Crippen molar-refractivity contribution in [3.63, 3.8) is 0 Å². The highest BCUT2D eigenvalue weighted by molar-refractivity contribution is 7.80. The molecule has 0 saturated carbocycles. The fourth-order valence-electron chi connectivity index (χ4n) is 1.37. The molecule has 0 spiro atoms. The maximum absolute atomic E-state index is 11.0. The van der Waals surface area contributed by atoms with Crippen LogP contribution in [0.3, 0.4) is 0 Å². The number of anilines is 1. The third-order valence-corrected chi connectivity index (χ3v) is 3.44. The number of aromatic nitrogens is 1. The van der Waals surface area contributed by atoms with Crippen LogP contribution in [0.2, 0.25) is 0 Å². The molecule has 0 atom stereocenters. The molecule has 0 aliphatic rings. The number of thiophene rings is 1. The maximum atomic E-state index is 11.0. The van der Waals surface area contributed by atoms with Crippen LogP contribution < -0.4 is 10.2 Å². The van der Waals surface area contributed by atoms with Crippen LogP contribution in [0, 0.1) is 0 Å². The molecule has 0 fully saturated rings. The van der Waals surface area contributed by atoms with Gasteiger partial charge >= 0.3 is 0 Å². The fourth-order valence-corrected chi connectivity index (χ4v) is 2.35. The lowest BCUT2D eigenvalue weighted by Gasteiger charge is -2.17. The second-order valence-corrected chi connectivity index (χ2v) is 4.76. The smallest absolute Gasteiger partial charge is 0.221 e. The number of hydrogen-bond donors (Lipinski definition) is 1. The Labute approximate surface area is 114 Å². The van der Waals surface area contributed by atoms with Crippen molar-refractivity contribution in [2.45, 2.75) is 6.54 Å². The highest BCUT2D eigenvalue weighted by Crippen LogP contribution is 2.19. The van der Waals surface area contributed by atoms with E-state index in [2.05, 4.69) is 10.3 Å². The van der Waals surface area contributed by atoms with Crippen LogP contribution in [0.4, 0.5) is 5.00 Å². The number of carbonyl (C=O) groups excluding carboxylic acids is 1. The number of nitrogens with zero attached hydrogens (tertiary/aromatic N) is 2. The summed E-state index contributed by atoms with van der Waals surface area (Å²) >= 11 is 6.65. The largest absolute Gasteiger partial charge is 0.358 e. The van der Waals surface area contributed by atoms with Crippen LogP contribution in [0.25, 0.3) is 0 Å². The van der Waals surface area contributed by atoms with E-state index in [-0.39, 0.29) is 0 Å². The molecular weight excluding hydrogens is 266 g/mol. The lowest BCUT2D eigenvalue weighted by molar-refractivity contribution is -0.106. The molecule has 18 heavy (non-hydrogen) atoms. The molecule has 0 radical (unpaired) electrons. The first kappa shape index (κ1) is 12.7. The highest BCUT2D eigenvalue weighted by Gasteiger charge is 2.11. The second kappa shape index (κ2) is 6.23. The molecule has 2 heterocycles. The number of amides is 1. The average molecular weight is 277 g/mol. The Morgan fingerprint density at radius 2 is 2.39 bits per heavy atom. The van der Waals surface area contributed by atoms with Crippen molar-refractivity contribution in [3.05, 3.63) is 47.6 Å². The predicted octanol–water partition coefficient (Wildman–Crippen LogP) is 2.18. The van der Waals surface area contributed by atoms with Gasteiger partial charge in [-0.2, -0.15) is 0 Å². The molecule has 1 N–H and O–H groups in total. The molecule has 0 aliphatic heterocycles. The van der Waals surface area contributed by atoms with Gasteiger partial charge in [-0.15, -0.1) is 11.3 Å². The van der Waals surface area contributed by atoms with E-state index in [4.69, 9.17) is 12.2 Å². The summed E-state index contributed by atoms with van der Waals surface area (Å²) < 4.78 is 0. The number of thiocarbonyl (C=S) groups is 1. The molecule has 2 aromatic rings. The van der Waals surface area contributed by atoms with E-state index in [0.29, 0.717) is 18.1 Å². The van der Waals surface area contributed by atoms with Crippen LogP contribution in [-0.2, 0) is 11.3 Å². The zero-order valence-corrected chi connectivity index (χ0v) is 11.1. The van der Waals surface area contributed by atoms with Gasteiger partial charge in [-0.25, -0.2) is 0 Å². The van der Waals surface area contributed by atoms with Gasteiger partial charge in [-0.1, -0.05) is 6.07 Å². The number of hydrogen-bond acceptors (Lipinski definition) is 4. The van der Waals surface area contributed by atoms with Gasteiger partial charge in [0, 0.05) is 18.9 Å². The standard InChI is InChI=1S/C12H11N3OS2/c16-9-15(11-4-2-6-18-11)12(17)14-8-10-3-1-5-13-7-10/h1-7,9H,8H2,(H,14,17). The van der Waals surface area contributed by atoms with E-state index in [1.54, 1.807) is 12.4 Å².